The van der Waals surface area contributed by atoms with E-state index in [4.69, 9.17) is 0 Å². The van der Waals surface area contributed by atoms with Gasteiger partial charge in [-0.25, -0.2) is 9.37 Å². The van der Waals surface area contributed by atoms with Crippen LogP contribution in [0.15, 0.2) is 29.6 Å². The second-order valence-electron chi connectivity index (χ2n) is 6.79. The first kappa shape index (κ1) is 18.8. The standard InChI is InChI=1S/C20H22FN5OS/c1-2-23-19(27)15-11-28-20(24-15)16-17(12-3-5-14(21)6-4-12)25-26-18(16)13-7-9-22-10-8-13/h3-6,11,13,22H,2,7-10H2,1H3,(H,23,27)(H,25,26). The quantitative estimate of drug-likeness (QED) is 0.613. The van der Waals surface area contributed by atoms with Crippen molar-refractivity contribution >= 4 is 17.2 Å². The first-order valence-corrected chi connectivity index (χ1v) is 10.3. The molecule has 0 bridgehead atoms. The van der Waals surface area contributed by atoms with Crippen LogP contribution in [0.2, 0.25) is 0 Å². The van der Waals surface area contributed by atoms with Crippen LogP contribution in [0, 0.1) is 5.82 Å². The number of halogens is 1. The van der Waals surface area contributed by atoms with Crippen LogP contribution in [0.25, 0.3) is 21.8 Å². The lowest BCUT2D eigenvalue weighted by atomic mass is 9.91. The average molecular weight is 399 g/mol. The van der Waals surface area contributed by atoms with E-state index in [0.29, 0.717) is 18.2 Å². The van der Waals surface area contributed by atoms with Crippen molar-refractivity contribution in [2.45, 2.75) is 25.7 Å². The van der Waals surface area contributed by atoms with Gasteiger partial charge < -0.3 is 10.6 Å². The molecular weight excluding hydrogens is 377 g/mol. The number of piperidine rings is 1. The van der Waals surface area contributed by atoms with Gasteiger partial charge in [0.15, 0.2) is 0 Å². The summed E-state index contributed by atoms with van der Waals surface area (Å²) in [6.07, 6.45) is 2.01. The zero-order chi connectivity index (χ0) is 19.5. The number of aromatic nitrogens is 3. The van der Waals surface area contributed by atoms with Crippen LogP contribution in [-0.4, -0.2) is 40.7 Å². The molecule has 1 fully saturated rings. The van der Waals surface area contributed by atoms with E-state index in [1.807, 2.05) is 6.92 Å². The third kappa shape index (κ3) is 3.70. The minimum absolute atomic E-state index is 0.180. The third-order valence-corrected chi connectivity index (χ3v) is 5.81. The third-order valence-electron chi connectivity index (χ3n) is 4.95. The normalized spacial score (nSPS) is 14.9. The Morgan fingerprint density at radius 2 is 2.04 bits per heavy atom. The van der Waals surface area contributed by atoms with Crippen molar-refractivity contribution in [1.29, 1.82) is 0 Å². The fourth-order valence-corrected chi connectivity index (χ4v) is 4.40. The van der Waals surface area contributed by atoms with Crippen LogP contribution in [0.4, 0.5) is 4.39 Å². The molecule has 4 rings (SSSR count). The highest BCUT2D eigenvalue weighted by molar-refractivity contribution is 7.13. The van der Waals surface area contributed by atoms with Crippen LogP contribution in [0.5, 0.6) is 0 Å². The zero-order valence-electron chi connectivity index (χ0n) is 15.6. The molecule has 8 heteroatoms. The molecule has 1 aromatic carbocycles. The summed E-state index contributed by atoms with van der Waals surface area (Å²) in [7, 11) is 0. The lowest BCUT2D eigenvalue weighted by Gasteiger charge is -2.22. The van der Waals surface area contributed by atoms with Gasteiger partial charge in [0, 0.05) is 29.1 Å². The van der Waals surface area contributed by atoms with E-state index < -0.39 is 0 Å². The summed E-state index contributed by atoms with van der Waals surface area (Å²) in [5.74, 6) is -0.123. The first-order chi connectivity index (χ1) is 13.7. The van der Waals surface area contributed by atoms with Crippen LogP contribution < -0.4 is 10.6 Å². The molecule has 0 spiro atoms. The number of rotatable bonds is 5. The van der Waals surface area contributed by atoms with Crippen molar-refractivity contribution < 1.29 is 9.18 Å². The Labute approximate surface area is 166 Å². The van der Waals surface area contributed by atoms with Gasteiger partial charge in [0.1, 0.15) is 22.2 Å². The molecule has 1 aliphatic rings. The van der Waals surface area contributed by atoms with Gasteiger partial charge in [-0.3, -0.25) is 9.89 Å². The number of hydrogen-bond acceptors (Lipinski definition) is 5. The van der Waals surface area contributed by atoms with Gasteiger partial charge in [-0.15, -0.1) is 11.3 Å². The molecule has 6 nitrogen and oxygen atoms in total. The molecule has 3 aromatic rings. The molecule has 3 heterocycles. The molecular formula is C20H22FN5OS. The Balaban J connectivity index is 1.79. The van der Waals surface area contributed by atoms with Gasteiger partial charge in [-0.2, -0.15) is 5.10 Å². The molecule has 1 saturated heterocycles. The van der Waals surface area contributed by atoms with Crippen molar-refractivity contribution in [2.24, 2.45) is 0 Å². The summed E-state index contributed by atoms with van der Waals surface area (Å²) in [4.78, 5) is 16.8. The molecule has 2 aromatic heterocycles. The van der Waals surface area contributed by atoms with E-state index in [-0.39, 0.29) is 11.7 Å². The summed E-state index contributed by atoms with van der Waals surface area (Å²) < 4.78 is 13.4. The number of amides is 1. The minimum atomic E-state index is -0.285. The van der Waals surface area contributed by atoms with Crippen LogP contribution in [-0.2, 0) is 0 Å². The van der Waals surface area contributed by atoms with Crippen molar-refractivity contribution in [2.75, 3.05) is 19.6 Å². The number of thiazole rings is 1. The van der Waals surface area contributed by atoms with Crippen molar-refractivity contribution in [3.63, 3.8) is 0 Å². The lowest BCUT2D eigenvalue weighted by Crippen LogP contribution is -2.27. The number of nitrogens with zero attached hydrogens (tertiary/aromatic N) is 2. The van der Waals surface area contributed by atoms with E-state index in [0.717, 1.165) is 53.5 Å². The van der Waals surface area contributed by atoms with E-state index in [1.54, 1.807) is 17.5 Å². The molecule has 146 valence electrons. The second-order valence-corrected chi connectivity index (χ2v) is 7.65. The number of carbonyl (C=O) groups is 1. The highest BCUT2D eigenvalue weighted by Gasteiger charge is 2.27. The molecule has 28 heavy (non-hydrogen) atoms. The molecule has 0 saturated carbocycles. The maximum Gasteiger partial charge on any atom is 0.270 e. The van der Waals surface area contributed by atoms with Gasteiger partial charge in [0.2, 0.25) is 0 Å². The largest absolute Gasteiger partial charge is 0.351 e. The lowest BCUT2D eigenvalue weighted by molar-refractivity contribution is 0.0951. The van der Waals surface area contributed by atoms with Gasteiger partial charge in [0.05, 0.1) is 5.56 Å². The van der Waals surface area contributed by atoms with Crippen LogP contribution in [0.3, 0.4) is 0 Å². The van der Waals surface area contributed by atoms with Crippen LogP contribution in [0.1, 0.15) is 41.9 Å². The maximum atomic E-state index is 13.4. The Morgan fingerprint density at radius 3 is 2.75 bits per heavy atom. The van der Waals surface area contributed by atoms with E-state index >= 15 is 0 Å². The predicted octanol–water partition coefficient (Wildman–Crippen LogP) is 3.56. The molecule has 1 aliphatic heterocycles. The van der Waals surface area contributed by atoms with Gasteiger partial charge in [-0.1, -0.05) is 0 Å². The number of nitrogens with one attached hydrogen (secondary N) is 3. The number of aromatic amines is 1. The summed E-state index contributed by atoms with van der Waals surface area (Å²) in [6, 6.07) is 6.30. The molecule has 0 atom stereocenters. The monoisotopic (exact) mass is 399 g/mol. The minimum Gasteiger partial charge on any atom is -0.351 e. The Hall–Kier alpha value is -2.58. The molecule has 0 unspecified atom stereocenters. The number of benzene rings is 1. The highest BCUT2D eigenvalue weighted by Crippen LogP contribution is 2.40. The summed E-state index contributed by atoms with van der Waals surface area (Å²) >= 11 is 1.43. The Morgan fingerprint density at radius 1 is 1.29 bits per heavy atom. The van der Waals surface area contributed by atoms with Crippen molar-refractivity contribution in [3.05, 3.63) is 46.9 Å². The number of carbonyl (C=O) groups excluding carboxylic acids is 1. The molecule has 0 aliphatic carbocycles. The maximum absolute atomic E-state index is 13.4. The Bertz CT molecular complexity index is 959. The fourth-order valence-electron chi connectivity index (χ4n) is 3.54. The number of hydrogen-bond donors (Lipinski definition) is 3. The zero-order valence-corrected chi connectivity index (χ0v) is 16.4. The van der Waals surface area contributed by atoms with Gasteiger partial charge in [-0.05, 0) is 57.1 Å². The van der Waals surface area contributed by atoms with E-state index in [1.165, 1.54) is 23.5 Å². The highest BCUT2D eigenvalue weighted by atomic mass is 32.1. The van der Waals surface area contributed by atoms with E-state index in [9.17, 15) is 9.18 Å². The molecule has 0 radical (unpaired) electrons. The predicted molar refractivity (Wildman–Crippen MR) is 108 cm³/mol. The molecule has 1 amide bonds. The second kappa shape index (κ2) is 8.20. The Kier molecular flexibility index (Phi) is 5.50. The number of H-pyrrole nitrogens is 1. The van der Waals surface area contributed by atoms with Gasteiger partial charge >= 0.3 is 0 Å². The summed E-state index contributed by atoms with van der Waals surface area (Å²) in [6.45, 7) is 4.34. The van der Waals surface area contributed by atoms with E-state index in [2.05, 4.69) is 25.8 Å². The van der Waals surface area contributed by atoms with Crippen molar-refractivity contribution in [3.8, 4) is 21.8 Å². The topological polar surface area (TPSA) is 82.7 Å². The summed E-state index contributed by atoms with van der Waals surface area (Å²) in [5, 5.41) is 16.5. The SMILES string of the molecule is CCNC(=O)c1csc(-c2c(-c3ccc(F)cc3)n[nH]c2C2CCNCC2)n1. The first-order valence-electron chi connectivity index (χ1n) is 9.46. The smallest absolute Gasteiger partial charge is 0.270 e. The van der Waals surface area contributed by atoms with Gasteiger partial charge in [0.25, 0.3) is 5.91 Å². The average Bonchev–Trinajstić information content (AvgIpc) is 3.36. The van der Waals surface area contributed by atoms with Crippen molar-refractivity contribution in [1.82, 2.24) is 25.8 Å². The molecule has 3 N–H and O–H groups in total. The van der Waals surface area contributed by atoms with Crippen LogP contribution >= 0.6 is 11.3 Å². The summed E-state index contributed by atoms with van der Waals surface area (Å²) in [5.41, 5.74) is 3.92. The fraction of sp³-hybridized carbons (Fsp3) is 0.350.